The van der Waals surface area contributed by atoms with E-state index in [4.69, 9.17) is 19.8 Å². The molecule has 0 spiro atoms. The van der Waals surface area contributed by atoms with Crippen molar-refractivity contribution in [1.29, 1.82) is 0 Å². The SMILES string of the molecule is CON(Cc1ccccc1OC(C)C)C(=O)C=C(O)C(=O)O. The lowest BCUT2D eigenvalue weighted by Gasteiger charge is -2.20. The maximum atomic E-state index is 11.9. The number of hydrogen-bond donors (Lipinski definition) is 2. The number of carbonyl (C=O) groups is 2. The summed E-state index contributed by atoms with van der Waals surface area (Å²) in [7, 11) is 1.27. The van der Waals surface area contributed by atoms with Gasteiger partial charge in [-0.15, -0.1) is 0 Å². The molecule has 0 heterocycles. The van der Waals surface area contributed by atoms with Crippen LogP contribution in [0, 0.1) is 0 Å². The van der Waals surface area contributed by atoms with E-state index in [-0.39, 0.29) is 12.6 Å². The van der Waals surface area contributed by atoms with E-state index >= 15 is 0 Å². The molecule has 22 heavy (non-hydrogen) atoms. The molecule has 0 fully saturated rings. The zero-order valence-electron chi connectivity index (χ0n) is 12.6. The number of benzene rings is 1. The molecule has 1 aromatic carbocycles. The number of aliphatic hydroxyl groups excluding tert-OH is 1. The van der Waals surface area contributed by atoms with Crippen LogP contribution in [-0.4, -0.2) is 40.4 Å². The van der Waals surface area contributed by atoms with Gasteiger partial charge in [0.2, 0.25) is 5.76 Å². The Bertz CT molecular complexity index is 567. The van der Waals surface area contributed by atoms with Crippen molar-refractivity contribution in [3.8, 4) is 5.75 Å². The Morgan fingerprint density at radius 3 is 2.45 bits per heavy atom. The largest absolute Gasteiger partial charge is 0.502 e. The van der Waals surface area contributed by atoms with Crippen molar-refractivity contribution in [2.75, 3.05) is 7.11 Å². The Balaban J connectivity index is 2.93. The Kier molecular flexibility index (Phi) is 6.40. The summed E-state index contributed by atoms with van der Waals surface area (Å²) in [6.45, 7) is 3.80. The van der Waals surface area contributed by atoms with Crippen LogP contribution in [0.5, 0.6) is 5.75 Å². The van der Waals surface area contributed by atoms with Crippen LogP contribution < -0.4 is 4.74 Å². The molecule has 1 aromatic rings. The average Bonchev–Trinajstić information content (AvgIpc) is 2.45. The molecular weight excluding hydrogens is 290 g/mol. The van der Waals surface area contributed by atoms with Crippen molar-refractivity contribution in [1.82, 2.24) is 5.06 Å². The third-order valence-electron chi connectivity index (χ3n) is 2.59. The van der Waals surface area contributed by atoms with Crippen LogP contribution in [0.4, 0.5) is 0 Å². The van der Waals surface area contributed by atoms with E-state index in [9.17, 15) is 9.59 Å². The number of aliphatic hydroxyl groups is 1. The van der Waals surface area contributed by atoms with Crippen LogP contribution >= 0.6 is 0 Å². The van der Waals surface area contributed by atoms with Crippen LogP contribution in [0.3, 0.4) is 0 Å². The minimum atomic E-state index is -1.59. The van der Waals surface area contributed by atoms with Crippen molar-refractivity contribution in [3.63, 3.8) is 0 Å². The van der Waals surface area contributed by atoms with Gasteiger partial charge in [0.15, 0.2) is 0 Å². The highest BCUT2D eigenvalue weighted by Gasteiger charge is 2.17. The number of ether oxygens (including phenoxy) is 1. The molecule has 2 N–H and O–H groups in total. The summed E-state index contributed by atoms with van der Waals surface area (Å²) in [4.78, 5) is 27.4. The summed E-state index contributed by atoms with van der Waals surface area (Å²) in [6.07, 6.45) is 0.543. The molecular formula is C15H19NO6. The van der Waals surface area contributed by atoms with Crippen molar-refractivity contribution in [2.24, 2.45) is 0 Å². The Hall–Kier alpha value is -2.54. The summed E-state index contributed by atoms with van der Waals surface area (Å²) in [5.74, 6) is -2.84. The average molecular weight is 309 g/mol. The van der Waals surface area contributed by atoms with Crippen molar-refractivity contribution < 1.29 is 29.4 Å². The number of carboxylic acids is 1. The molecule has 0 unspecified atom stereocenters. The number of nitrogens with zero attached hydrogens (tertiary/aromatic N) is 1. The van der Waals surface area contributed by atoms with Gasteiger partial charge in [0.25, 0.3) is 5.91 Å². The first-order chi connectivity index (χ1) is 10.3. The molecule has 0 aliphatic heterocycles. The van der Waals surface area contributed by atoms with Crippen LogP contribution in [0.15, 0.2) is 36.1 Å². The summed E-state index contributed by atoms with van der Waals surface area (Å²) < 4.78 is 5.64. The normalized spacial score (nSPS) is 11.4. The molecule has 0 aliphatic carbocycles. The second-order valence-electron chi connectivity index (χ2n) is 4.67. The topological polar surface area (TPSA) is 96.3 Å². The zero-order valence-corrected chi connectivity index (χ0v) is 12.6. The van der Waals surface area contributed by atoms with E-state index < -0.39 is 17.6 Å². The fourth-order valence-corrected chi connectivity index (χ4v) is 1.64. The standard InChI is InChI=1S/C15H19NO6/c1-10(2)22-13-7-5-4-6-11(13)9-16(21-3)14(18)8-12(17)15(19)20/h4-8,10,17H,9H2,1-3H3,(H,19,20). The number of hydroxylamine groups is 2. The van der Waals surface area contributed by atoms with E-state index in [0.717, 1.165) is 5.06 Å². The summed E-state index contributed by atoms with van der Waals surface area (Å²) in [6, 6.07) is 7.11. The van der Waals surface area contributed by atoms with Gasteiger partial charge >= 0.3 is 5.97 Å². The Morgan fingerprint density at radius 1 is 1.27 bits per heavy atom. The third-order valence-corrected chi connectivity index (χ3v) is 2.59. The number of carbonyl (C=O) groups excluding carboxylic acids is 1. The van der Waals surface area contributed by atoms with Crippen LogP contribution in [-0.2, 0) is 21.0 Å². The van der Waals surface area contributed by atoms with Crippen LogP contribution in [0.2, 0.25) is 0 Å². The molecule has 7 heteroatoms. The molecule has 0 bridgehead atoms. The van der Waals surface area contributed by atoms with Gasteiger partial charge in [-0.3, -0.25) is 9.63 Å². The van der Waals surface area contributed by atoms with Gasteiger partial charge in [-0.25, -0.2) is 9.86 Å². The fourth-order valence-electron chi connectivity index (χ4n) is 1.64. The van der Waals surface area contributed by atoms with Crippen molar-refractivity contribution in [3.05, 3.63) is 41.7 Å². The fraction of sp³-hybridized carbons (Fsp3) is 0.333. The van der Waals surface area contributed by atoms with Gasteiger partial charge in [-0.2, -0.15) is 0 Å². The van der Waals surface area contributed by atoms with Crippen LogP contribution in [0.25, 0.3) is 0 Å². The smallest absolute Gasteiger partial charge is 0.371 e. The Morgan fingerprint density at radius 2 is 1.91 bits per heavy atom. The lowest BCUT2D eigenvalue weighted by Crippen LogP contribution is -2.29. The first-order valence-corrected chi connectivity index (χ1v) is 6.59. The van der Waals surface area contributed by atoms with Crippen molar-refractivity contribution >= 4 is 11.9 Å². The predicted octanol–water partition coefficient (Wildman–Crippen LogP) is 1.89. The number of para-hydroxylation sites is 1. The van der Waals surface area contributed by atoms with Gasteiger partial charge in [-0.05, 0) is 19.9 Å². The van der Waals surface area contributed by atoms with E-state index in [2.05, 4.69) is 0 Å². The second kappa shape index (κ2) is 8.04. The molecule has 0 saturated carbocycles. The van der Waals surface area contributed by atoms with Gasteiger partial charge in [-0.1, -0.05) is 18.2 Å². The highest BCUT2D eigenvalue weighted by Crippen LogP contribution is 2.21. The zero-order chi connectivity index (χ0) is 16.7. The summed E-state index contributed by atoms with van der Waals surface area (Å²) in [5, 5.41) is 18.6. The molecule has 0 aromatic heterocycles. The Labute approximate surface area is 128 Å². The third kappa shape index (κ3) is 5.10. The van der Waals surface area contributed by atoms with Gasteiger partial charge < -0.3 is 14.9 Å². The first kappa shape index (κ1) is 17.5. The quantitative estimate of drug-likeness (QED) is 0.453. The lowest BCUT2D eigenvalue weighted by atomic mass is 10.2. The molecule has 1 amide bonds. The minimum absolute atomic E-state index is 0.0382. The van der Waals surface area contributed by atoms with Crippen LogP contribution in [0.1, 0.15) is 19.4 Å². The number of hydrogen-bond acceptors (Lipinski definition) is 5. The predicted molar refractivity (Wildman–Crippen MR) is 78.1 cm³/mol. The van der Waals surface area contributed by atoms with Gasteiger partial charge in [0.1, 0.15) is 5.75 Å². The van der Waals surface area contributed by atoms with E-state index in [1.54, 1.807) is 24.3 Å². The number of carboxylic acid groups (broad SMARTS) is 1. The molecule has 0 aliphatic rings. The van der Waals surface area contributed by atoms with E-state index in [1.807, 2.05) is 13.8 Å². The molecule has 0 radical (unpaired) electrons. The van der Waals surface area contributed by atoms with Crippen molar-refractivity contribution in [2.45, 2.75) is 26.5 Å². The second-order valence-corrected chi connectivity index (χ2v) is 4.67. The highest BCUT2D eigenvalue weighted by atomic mass is 16.7. The maximum Gasteiger partial charge on any atom is 0.371 e. The lowest BCUT2D eigenvalue weighted by molar-refractivity contribution is -0.173. The van der Waals surface area contributed by atoms with Gasteiger partial charge in [0.05, 0.1) is 25.8 Å². The number of aliphatic carboxylic acids is 1. The maximum absolute atomic E-state index is 11.9. The van der Waals surface area contributed by atoms with E-state index in [1.165, 1.54) is 7.11 Å². The van der Waals surface area contributed by atoms with E-state index in [0.29, 0.717) is 17.4 Å². The monoisotopic (exact) mass is 309 g/mol. The molecule has 0 saturated heterocycles. The van der Waals surface area contributed by atoms with Gasteiger partial charge in [0, 0.05) is 5.56 Å². The number of rotatable bonds is 7. The summed E-state index contributed by atoms with van der Waals surface area (Å²) in [5.41, 5.74) is 0.689. The summed E-state index contributed by atoms with van der Waals surface area (Å²) >= 11 is 0. The molecule has 7 nitrogen and oxygen atoms in total. The first-order valence-electron chi connectivity index (χ1n) is 6.59. The highest BCUT2D eigenvalue weighted by molar-refractivity contribution is 5.95. The molecule has 0 atom stereocenters. The molecule has 1 rings (SSSR count). The minimum Gasteiger partial charge on any atom is -0.502 e. The molecule has 120 valence electrons. The number of amides is 1.